The average molecular weight is 534 g/mol. The number of benzene rings is 2. The fraction of sp³-hybridized carbons (Fsp3) is 0.179. The van der Waals surface area contributed by atoms with E-state index in [0.29, 0.717) is 32.2 Å². The molecule has 0 radical (unpaired) electrons. The summed E-state index contributed by atoms with van der Waals surface area (Å²) in [6.45, 7) is 4.11. The molecule has 37 heavy (non-hydrogen) atoms. The topological polar surface area (TPSA) is 113 Å². The molecule has 3 heterocycles. The van der Waals surface area contributed by atoms with Gasteiger partial charge in [0.05, 0.1) is 4.88 Å². The predicted molar refractivity (Wildman–Crippen MR) is 141 cm³/mol. The number of aromatic carboxylic acids is 1. The van der Waals surface area contributed by atoms with E-state index in [1.165, 1.54) is 22.7 Å². The zero-order chi connectivity index (χ0) is 26.4. The Bertz CT molecular complexity index is 1490. The van der Waals surface area contributed by atoms with Gasteiger partial charge in [-0.1, -0.05) is 62.4 Å². The van der Waals surface area contributed by atoms with E-state index in [4.69, 9.17) is 9.84 Å². The lowest BCUT2D eigenvalue weighted by Crippen LogP contribution is -2.60. The molecule has 188 valence electrons. The molecule has 7 nitrogen and oxygen atoms in total. The lowest BCUT2D eigenvalue weighted by molar-refractivity contribution is -0.169. The Balaban J connectivity index is 0.000000301. The van der Waals surface area contributed by atoms with Gasteiger partial charge in [-0.3, -0.25) is 9.59 Å². The molecule has 1 amide bonds. The molecule has 2 aromatic carbocycles. The van der Waals surface area contributed by atoms with Crippen LogP contribution in [0.25, 0.3) is 0 Å². The van der Waals surface area contributed by atoms with E-state index in [1.807, 2.05) is 12.1 Å². The van der Waals surface area contributed by atoms with Crippen LogP contribution in [-0.2, 0) is 11.3 Å². The molecule has 2 unspecified atom stereocenters. The van der Waals surface area contributed by atoms with Gasteiger partial charge in [0, 0.05) is 16.7 Å². The van der Waals surface area contributed by atoms with Crippen LogP contribution in [0, 0.1) is 0 Å². The minimum absolute atomic E-state index is 0.249. The number of rotatable bonds is 4. The van der Waals surface area contributed by atoms with Crippen molar-refractivity contribution in [3.8, 4) is 5.75 Å². The number of nitrogens with one attached hydrogen (secondary N) is 1. The number of fused-ring (bicyclic) bond motifs is 5. The third-order valence-corrected chi connectivity index (χ3v) is 8.22. The molecule has 0 spiro atoms. The third-order valence-electron chi connectivity index (χ3n) is 6.50. The second-order valence-electron chi connectivity index (χ2n) is 8.99. The number of ketones is 1. The molecule has 2 atom stereocenters. The molecule has 3 N–H and O–H groups in total. The molecular formula is C28H23NO6S2. The Morgan fingerprint density at radius 2 is 1.59 bits per heavy atom. The molecule has 9 heteroatoms. The highest BCUT2D eigenvalue weighted by Gasteiger charge is 2.71. The number of ether oxygens (including phenoxy) is 1. The Morgan fingerprint density at radius 3 is 2.19 bits per heavy atom. The van der Waals surface area contributed by atoms with Gasteiger partial charge in [-0.2, -0.15) is 0 Å². The standard InChI is InChI=1S/C23H19NO4S.C5H4O2S/c1-13(2)14-9-10-17-18(12-14)28-23(27)16-7-4-3-6-15(16)20(25)22(17,23)24-21(26)19-8-5-11-29-19;6-5(7)4-2-1-3-8-4/h3-13,27H,1-2H3,(H,24,26);1-3H,(H,6,7). The number of carboxylic acids is 1. The van der Waals surface area contributed by atoms with Gasteiger partial charge in [0.15, 0.2) is 0 Å². The summed E-state index contributed by atoms with van der Waals surface area (Å²) in [4.78, 5) is 37.6. The lowest BCUT2D eigenvalue weighted by atomic mass is 9.82. The van der Waals surface area contributed by atoms with E-state index in [9.17, 15) is 19.5 Å². The fourth-order valence-electron chi connectivity index (χ4n) is 4.67. The van der Waals surface area contributed by atoms with Crippen molar-refractivity contribution >= 4 is 40.3 Å². The van der Waals surface area contributed by atoms with Gasteiger partial charge < -0.3 is 20.3 Å². The van der Waals surface area contributed by atoms with Crippen molar-refractivity contribution < 1.29 is 29.3 Å². The van der Waals surface area contributed by atoms with Gasteiger partial charge in [-0.25, -0.2) is 4.79 Å². The smallest absolute Gasteiger partial charge is 0.345 e. The first-order valence-electron chi connectivity index (χ1n) is 11.5. The number of Topliss-reactive ketones (excluding diaryl/α,β-unsaturated/α-hetero) is 1. The zero-order valence-electron chi connectivity index (χ0n) is 19.9. The second kappa shape index (κ2) is 9.26. The summed E-state index contributed by atoms with van der Waals surface area (Å²) in [5, 5.41) is 26.4. The van der Waals surface area contributed by atoms with Crippen molar-refractivity contribution in [2.24, 2.45) is 0 Å². The van der Waals surface area contributed by atoms with Gasteiger partial charge >= 0.3 is 5.97 Å². The average Bonchev–Trinajstić information content (AvgIpc) is 3.66. The Labute approximate surface area is 221 Å². The summed E-state index contributed by atoms with van der Waals surface area (Å²) < 4.78 is 6.05. The van der Waals surface area contributed by atoms with Crippen LogP contribution in [0.2, 0.25) is 0 Å². The molecular weight excluding hydrogens is 510 g/mol. The molecule has 0 fully saturated rings. The SMILES string of the molecule is CC(C)c1ccc2c(c1)OC1(O)c3ccccc3C(=O)C21NC(=O)c1cccs1.O=C(O)c1cccs1. The maximum atomic E-state index is 13.6. The molecule has 1 aliphatic carbocycles. The number of thiophene rings is 2. The number of amides is 1. The third kappa shape index (κ3) is 3.87. The summed E-state index contributed by atoms with van der Waals surface area (Å²) in [5.74, 6) is -3.00. The van der Waals surface area contributed by atoms with E-state index in [1.54, 1.807) is 65.4 Å². The van der Waals surface area contributed by atoms with Crippen molar-refractivity contribution in [3.63, 3.8) is 0 Å². The largest absolute Gasteiger partial charge is 0.477 e. The van der Waals surface area contributed by atoms with Crippen molar-refractivity contribution in [2.45, 2.75) is 31.1 Å². The molecule has 0 saturated heterocycles. The van der Waals surface area contributed by atoms with E-state index >= 15 is 0 Å². The van der Waals surface area contributed by atoms with E-state index in [-0.39, 0.29) is 11.7 Å². The molecule has 0 saturated carbocycles. The lowest BCUT2D eigenvalue weighted by Gasteiger charge is -2.34. The summed E-state index contributed by atoms with van der Waals surface area (Å²) in [5.41, 5.74) is 0.463. The highest BCUT2D eigenvalue weighted by Crippen LogP contribution is 2.58. The van der Waals surface area contributed by atoms with E-state index in [0.717, 1.165) is 5.56 Å². The number of aliphatic hydroxyl groups is 1. The highest BCUT2D eigenvalue weighted by atomic mass is 32.1. The first kappa shape index (κ1) is 24.9. The van der Waals surface area contributed by atoms with Crippen molar-refractivity contribution in [3.05, 3.63) is 109 Å². The van der Waals surface area contributed by atoms with Gasteiger partial charge in [0.25, 0.3) is 11.7 Å². The number of carboxylic acid groups (broad SMARTS) is 1. The molecule has 0 bridgehead atoms. The van der Waals surface area contributed by atoms with Gasteiger partial charge in [0.2, 0.25) is 11.3 Å². The minimum atomic E-state index is -2.01. The highest BCUT2D eigenvalue weighted by molar-refractivity contribution is 7.12. The predicted octanol–water partition coefficient (Wildman–Crippen LogP) is 5.38. The Hall–Kier alpha value is -3.79. The summed E-state index contributed by atoms with van der Waals surface area (Å²) >= 11 is 2.50. The number of hydrogen-bond donors (Lipinski definition) is 3. The van der Waals surface area contributed by atoms with Gasteiger partial charge in [-0.05, 0) is 40.4 Å². The van der Waals surface area contributed by atoms with Crippen LogP contribution in [-0.4, -0.2) is 27.9 Å². The molecule has 1 aliphatic heterocycles. The summed E-state index contributed by atoms with van der Waals surface area (Å²) in [6, 6.07) is 19.1. The van der Waals surface area contributed by atoms with Crippen LogP contribution in [0.5, 0.6) is 5.75 Å². The van der Waals surface area contributed by atoms with Crippen molar-refractivity contribution in [1.82, 2.24) is 5.32 Å². The summed E-state index contributed by atoms with van der Waals surface area (Å²) in [7, 11) is 0. The van der Waals surface area contributed by atoms with Gasteiger partial charge in [-0.15, -0.1) is 22.7 Å². The van der Waals surface area contributed by atoms with Crippen LogP contribution in [0.4, 0.5) is 0 Å². The zero-order valence-corrected chi connectivity index (χ0v) is 21.6. The maximum Gasteiger partial charge on any atom is 0.345 e. The van der Waals surface area contributed by atoms with E-state index in [2.05, 4.69) is 19.2 Å². The first-order valence-corrected chi connectivity index (χ1v) is 13.3. The number of carbonyl (C=O) groups is 3. The Morgan fingerprint density at radius 1 is 0.919 bits per heavy atom. The molecule has 6 rings (SSSR count). The quantitative estimate of drug-likeness (QED) is 0.325. The second-order valence-corrected chi connectivity index (χ2v) is 10.9. The number of carbonyl (C=O) groups excluding carboxylic acids is 2. The van der Waals surface area contributed by atoms with Crippen molar-refractivity contribution in [1.29, 1.82) is 0 Å². The summed E-state index contributed by atoms with van der Waals surface area (Å²) in [6.07, 6.45) is 0. The van der Waals surface area contributed by atoms with Crippen molar-refractivity contribution in [2.75, 3.05) is 0 Å². The monoisotopic (exact) mass is 533 g/mol. The molecule has 2 aliphatic rings. The molecule has 2 aromatic heterocycles. The minimum Gasteiger partial charge on any atom is -0.477 e. The van der Waals surface area contributed by atoms with Crippen LogP contribution in [0.1, 0.15) is 66.2 Å². The van der Waals surface area contributed by atoms with Crippen LogP contribution < -0.4 is 10.1 Å². The normalized spacial score (nSPS) is 20.8. The fourth-order valence-corrected chi connectivity index (χ4v) is 5.85. The maximum absolute atomic E-state index is 13.6. The van der Waals surface area contributed by atoms with E-state index < -0.39 is 23.2 Å². The van der Waals surface area contributed by atoms with Gasteiger partial charge in [0.1, 0.15) is 10.6 Å². The Kier molecular flexibility index (Phi) is 6.23. The first-order chi connectivity index (χ1) is 17.7. The molecule has 4 aromatic rings. The van der Waals surface area contributed by atoms with Crippen LogP contribution in [0.15, 0.2) is 77.5 Å². The van der Waals surface area contributed by atoms with Crippen LogP contribution >= 0.6 is 22.7 Å². The number of hydrogen-bond acceptors (Lipinski definition) is 7. The van der Waals surface area contributed by atoms with Crippen LogP contribution in [0.3, 0.4) is 0 Å².